The number of amides is 1. The molecule has 0 radical (unpaired) electrons. The molecule has 0 aliphatic carbocycles. The van der Waals surface area contributed by atoms with Gasteiger partial charge in [0, 0.05) is 6.54 Å². The Bertz CT molecular complexity index is 1040. The summed E-state index contributed by atoms with van der Waals surface area (Å²) in [6, 6.07) is 5.83. The summed E-state index contributed by atoms with van der Waals surface area (Å²) in [5.74, 6) is -0.791. The maximum atomic E-state index is 13.3. The average Bonchev–Trinajstić information content (AvgIpc) is 3.34. The third-order valence-corrected chi connectivity index (χ3v) is 4.36. The number of nitrogens with two attached hydrogens (primary N) is 1. The van der Waals surface area contributed by atoms with Crippen LogP contribution in [-0.4, -0.2) is 55.4 Å². The van der Waals surface area contributed by atoms with Crippen LogP contribution in [0.1, 0.15) is 48.4 Å². The molecule has 3 rings (SSSR count). The number of hydrogen-bond donors (Lipinski definition) is 2. The second-order valence-corrected chi connectivity index (χ2v) is 6.80. The Balaban J connectivity index is 1.87. The van der Waals surface area contributed by atoms with Crippen LogP contribution < -0.4 is 11.2 Å². The van der Waals surface area contributed by atoms with Crippen LogP contribution in [0.5, 0.6) is 0 Å². The second kappa shape index (κ2) is 10.4. The van der Waals surface area contributed by atoms with E-state index in [1.54, 1.807) is 12.1 Å². The molecule has 164 valence electrons. The largest absolute Gasteiger partial charge is 0.378 e. The van der Waals surface area contributed by atoms with Crippen LogP contribution in [-0.2, 0) is 6.54 Å². The highest BCUT2D eigenvalue weighted by Gasteiger charge is 2.25. The van der Waals surface area contributed by atoms with Gasteiger partial charge in [0.1, 0.15) is 5.82 Å². The number of carbonyl (C=O) groups is 1. The van der Waals surface area contributed by atoms with Crippen LogP contribution in [0.3, 0.4) is 0 Å². The number of hydrazone groups is 1. The minimum Gasteiger partial charge on any atom is -0.378 e. The van der Waals surface area contributed by atoms with Gasteiger partial charge in [0.05, 0.1) is 11.9 Å². The molecule has 0 aliphatic rings. The van der Waals surface area contributed by atoms with Crippen molar-refractivity contribution in [2.24, 2.45) is 5.10 Å². The van der Waals surface area contributed by atoms with Gasteiger partial charge in [-0.3, -0.25) is 9.69 Å². The van der Waals surface area contributed by atoms with Crippen molar-refractivity contribution in [1.29, 1.82) is 0 Å². The molecule has 0 fully saturated rings. The molecule has 2 heterocycles. The van der Waals surface area contributed by atoms with Gasteiger partial charge >= 0.3 is 0 Å². The smallest absolute Gasteiger partial charge is 0.293 e. The fourth-order valence-corrected chi connectivity index (χ4v) is 3.05. The minimum absolute atomic E-state index is 0.0276. The molecule has 12 heteroatoms. The van der Waals surface area contributed by atoms with E-state index in [2.05, 4.69) is 54.5 Å². The van der Waals surface area contributed by atoms with E-state index in [1.807, 2.05) is 0 Å². The van der Waals surface area contributed by atoms with E-state index in [0.29, 0.717) is 17.8 Å². The molecule has 11 nitrogen and oxygen atoms in total. The first-order valence-corrected chi connectivity index (χ1v) is 9.87. The summed E-state index contributed by atoms with van der Waals surface area (Å²) >= 11 is 0. The molecular weight excluding hydrogens is 405 g/mol. The summed E-state index contributed by atoms with van der Waals surface area (Å²) in [6.45, 7) is 6.19. The van der Waals surface area contributed by atoms with Crippen molar-refractivity contribution in [3.05, 3.63) is 47.0 Å². The monoisotopic (exact) mass is 429 g/mol. The molecular formula is C19H24FN9O2. The average molecular weight is 429 g/mol. The highest BCUT2D eigenvalue weighted by Crippen LogP contribution is 2.18. The summed E-state index contributed by atoms with van der Waals surface area (Å²) < 4.78 is 19.3. The molecule has 31 heavy (non-hydrogen) atoms. The molecule has 0 saturated heterocycles. The van der Waals surface area contributed by atoms with Crippen molar-refractivity contribution < 1.29 is 13.8 Å². The first kappa shape index (κ1) is 22.0. The minimum atomic E-state index is -0.572. The molecule has 2 aromatic heterocycles. The van der Waals surface area contributed by atoms with E-state index in [9.17, 15) is 9.18 Å². The van der Waals surface area contributed by atoms with Crippen molar-refractivity contribution in [3.8, 4) is 5.82 Å². The van der Waals surface area contributed by atoms with Gasteiger partial charge in [-0.25, -0.2) is 14.4 Å². The normalized spacial score (nSPS) is 11.5. The third kappa shape index (κ3) is 5.48. The number of nitrogens with one attached hydrogen (secondary N) is 1. The van der Waals surface area contributed by atoms with Gasteiger partial charge in [-0.15, -0.1) is 5.10 Å². The number of benzene rings is 1. The highest BCUT2D eigenvalue weighted by molar-refractivity contribution is 5.94. The predicted molar refractivity (Wildman–Crippen MR) is 111 cm³/mol. The van der Waals surface area contributed by atoms with Gasteiger partial charge in [0.15, 0.2) is 5.69 Å². The highest BCUT2D eigenvalue weighted by atomic mass is 19.1. The molecule has 1 aromatic carbocycles. The van der Waals surface area contributed by atoms with Crippen LogP contribution in [0.25, 0.3) is 5.82 Å². The molecule has 3 N–H and O–H groups in total. The van der Waals surface area contributed by atoms with Crippen molar-refractivity contribution in [2.45, 2.75) is 33.2 Å². The van der Waals surface area contributed by atoms with Crippen LogP contribution in [0.4, 0.5) is 10.2 Å². The molecule has 0 saturated carbocycles. The number of carbonyl (C=O) groups excluding carboxylic acids is 1. The summed E-state index contributed by atoms with van der Waals surface area (Å²) in [4.78, 5) is 14.9. The summed E-state index contributed by atoms with van der Waals surface area (Å²) in [6.07, 6.45) is 3.22. The van der Waals surface area contributed by atoms with Crippen LogP contribution in [0.15, 0.2) is 34.0 Å². The fourth-order valence-electron chi connectivity index (χ4n) is 3.05. The first-order chi connectivity index (χ1) is 15.0. The zero-order chi connectivity index (χ0) is 22.2. The zero-order valence-electron chi connectivity index (χ0n) is 17.3. The van der Waals surface area contributed by atoms with Gasteiger partial charge < -0.3 is 5.73 Å². The number of rotatable bonds is 10. The van der Waals surface area contributed by atoms with Gasteiger partial charge in [-0.2, -0.15) is 9.78 Å². The van der Waals surface area contributed by atoms with Gasteiger partial charge in [0.25, 0.3) is 5.91 Å². The molecule has 0 bridgehead atoms. The van der Waals surface area contributed by atoms with E-state index in [-0.39, 0.29) is 17.3 Å². The summed E-state index contributed by atoms with van der Waals surface area (Å²) in [7, 11) is 0. The topological polar surface area (TPSA) is 140 Å². The molecule has 0 unspecified atom stereocenters. The fraction of sp³-hybridized carbons (Fsp3) is 0.368. The van der Waals surface area contributed by atoms with E-state index in [0.717, 1.165) is 25.9 Å². The Morgan fingerprint density at radius 3 is 2.74 bits per heavy atom. The predicted octanol–water partition coefficient (Wildman–Crippen LogP) is 1.76. The Hall–Kier alpha value is -3.67. The molecule has 1 amide bonds. The number of nitrogen functional groups attached to an aromatic ring is 1. The standard InChI is InChI=1S/C19H24FN9O2/c1-3-8-28(9-4-2)12-15-16(23-27-29(15)18-17(21)25-31-26-18)19(30)24-22-11-13-6-5-7-14(20)10-13/h5-7,10-11H,3-4,8-9,12H2,1-2H3,(H2,21,25)(H,24,30)/b22-11+. The van der Waals surface area contributed by atoms with Gasteiger partial charge in [0.2, 0.25) is 11.6 Å². The number of halogens is 1. The first-order valence-electron chi connectivity index (χ1n) is 9.87. The van der Waals surface area contributed by atoms with Crippen molar-refractivity contribution in [2.75, 3.05) is 18.8 Å². The number of nitrogens with zero attached hydrogens (tertiary/aromatic N) is 7. The van der Waals surface area contributed by atoms with Crippen molar-refractivity contribution in [1.82, 2.24) is 35.6 Å². The molecule has 0 aliphatic heterocycles. The Morgan fingerprint density at radius 1 is 1.32 bits per heavy atom. The Labute approximate surface area is 178 Å². The van der Waals surface area contributed by atoms with Crippen molar-refractivity contribution >= 4 is 17.9 Å². The van der Waals surface area contributed by atoms with E-state index in [4.69, 9.17) is 5.73 Å². The van der Waals surface area contributed by atoms with Crippen LogP contribution in [0, 0.1) is 5.82 Å². The summed E-state index contributed by atoms with van der Waals surface area (Å²) in [5, 5.41) is 19.2. The third-order valence-electron chi connectivity index (χ3n) is 4.36. The molecule has 0 spiro atoms. The van der Waals surface area contributed by atoms with Gasteiger partial charge in [-0.1, -0.05) is 31.2 Å². The van der Waals surface area contributed by atoms with E-state index >= 15 is 0 Å². The Morgan fingerprint density at radius 2 is 2.10 bits per heavy atom. The number of aromatic nitrogens is 5. The lowest BCUT2D eigenvalue weighted by Crippen LogP contribution is -2.28. The van der Waals surface area contributed by atoms with Crippen LogP contribution in [0.2, 0.25) is 0 Å². The van der Waals surface area contributed by atoms with E-state index in [1.165, 1.54) is 23.0 Å². The maximum absolute atomic E-state index is 13.3. The maximum Gasteiger partial charge on any atom is 0.293 e. The van der Waals surface area contributed by atoms with E-state index < -0.39 is 11.7 Å². The lowest BCUT2D eigenvalue weighted by Gasteiger charge is -2.21. The summed E-state index contributed by atoms with van der Waals surface area (Å²) in [5.41, 5.74) is 9.25. The Kier molecular flexibility index (Phi) is 7.38. The second-order valence-electron chi connectivity index (χ2n) is 6.80. The van der Waals surface area contributed by atoms with Crippen molar-refractivity contribution in [3.63, 3.8) is 0 Å². The molecule has 0 atom stereocenters. The van der Waals surface area contributed by atoms with Crippen LogP contribution >= 0.6 is 0 Å². The lowest BCUT2D eigenvalue weighted by atomic mass is 10.2. The number of anilines is 1. The number of hydrogen-bond acceptors (Lipinski definition) is 9. The lowest BCUT2D eigenvalue weighted by molar-refractivity contribution is 0.0947. The zero-order valence-corrected chi connectivity index (χ0v) is 17.3. The van der Waals surface area contributed by atoms with Gasteiger partial charge in [-0.05, 0) is 53.9 Å². The SMILES string of the molecule is CCCN(CCC)Cc1c(C(=O)N/N=C/c2cccc(F)c2)nnn1-c1nonc1N. The quantitative estimate of drug-likeness (QED) is 0.367. The molecule has 3 aromatic rings.